The third-order valence-electron chi connectivity index (χ3n) is 4.35. The molecule has 0 unspecified atom stereocenters. The Hall–Kier alpha value is -0.660. The lowest BCUT2D eigenvalue weighted by atomic mass is 9.90. The Kier molecular flexibility index (Phi) is 4.95. The molecule has 21 heavy (non-hydrogen) atoms. The first kappa shape index (κ1) is 16.7. The topological polar surface area (TPSA) is 75.7 Å². The SMILES string of the molecule is CC(C)C(=O)NC[C@@H]1CCC[C@]2(CCN(S(C)(=O)=O)C2)O1. The predicted molar refractivity (Wildman–Crippen MR) is 80.3 cm³/mol. The van der Waals surface area contributed by atoms with Crippen LogP contribution in [0, 0.1) is 5.92 Å². The van der Waals surface area contributed by atoms with Gasteiger partial charge in [-0.25, -0.2) is 8.42 Å². The Labute approximate surface area is 127 Å². The second-order valence-electron chi connectivity index (χ2n) is 6.56. The van der Waals surface area contributed by atoms with Crippen LogP contribution in [0.25, 0.3) is 0 Å². The third-order valence-corrected chi connectivity index (χ3v) is 5.60. The zero-order chi connectivity index (χ0) is 15.7. The van der Waals surface area contributed by atoms with E-state index in [1.54, 1.807) is 0 Å². The van der Waals surface area contributed by atoms with Gasteiger partial charge in [-0.05, 0) is 25.7 Å². The molecule has 2 saturated heterocycles. The van der Waals surface area contributed by atoms with E-state index in [0.29, 0.717) is 19.6 Å². The quantitative estimate of drug-likeness (QED) is 0.829. The van der Waals surface area contributed by atoms with Gasteiger partial charge in [-0.2, -0.15) is 4.31 Å². The van der Waals surface area contributed by atoms with Crippen LogP contribution < -0.4 is 5.32 Å². The van der Waals surface area contributed by atoms with Crippen molar-refractivity contribution >= 4 is 15.9 Å². The highest BCUT2D eigenvalue weighted by atomic mass is 32.2. The molecule has 7 heteroatoms. The smallest absolute Gasteiger partial charge is 0.222 e. The highest BCUT2D eigenvalue weighted by molar-refractivity contribution is 7.88. The molecule has 0 bridgehead atoms. The number of hydrogen-bond donors (Lipinski definition) is 1. The molecule has 2 rings (SSSR count). The van der Waals surface area contributed by atoms with Crippen LogP contribution in [-0.4, -0.2) is 56.2 Å². The Morgan fingerprint density at radius 3 is 2.71 bits per heavy atom. The lowest BCUT2D eigenvalue weighted by molar-refractivity contribution is -0.131. The summed E-state index contributed by atoms with van der Waals surface area (Å²) in [6.07, 6.45) is 4.80. The van der Waals surface area contributed by atoms with Gasteiger partial charge in [0.1, 0.15) is 0 Å². The molecule has 2 fully saturated rings. The molecule has 0 saturated carbocycles. The predicted octanol–water partition coefficient (Wildman–Crippen LogP) is 0.732. The van der Waals surface area contributed by atoms with Gasteiger partial charge in [0.25, 0.3) is 0 Å². The van der Waals surface area contributed by atoms with E-state index >= 15 is 0 Å². The van der Waals surface area contributed by atoms with Crippen LogP contribution in [0.5, 0.6) is 0 Å². The van der Waals surface area contributed by atoms with Crippen LogP contribution in [0.4, 0.5) is 0 Å². The van der Waals surface area contributed by atoms with Gasteiger partial charge >= 0.3 is 0 Å². The molecule has 0 aromatic heterocycles. The van der Waals surface area contributed by atoms with Crippen LogP contribution in [0.3, 0.4) is 0 Å². The minimum Gasteiger partial charge on any atom is -0.369 e. The highest BCUT2D eigenvalue weighted by Gasteiger charge is 2.45. The van der Waals surface area contributed by atoms with Gasteiger partial charge in [0, 0.05) is 25.6 Å². The summed E-state index contributed by atoms with van der Waals surface area (Å²) in [5.74, 6) is -0.00262. The second kappa shape index (κ2) is 6.22. The maximum Gasteiger partial charge on any atom is 0.222 e. The van der Waals surface area contributed by atoms with E-state index < -0.39 is 10.0 Å². The minimum absolute atomic E-state index is 0.0130. The van der Waals surface area contributed by atoms with Gasteiger partial charge in [-0.15, -0.1) is 0 Å². The zero-order valence-corrected chi connectivity index (χ0v) is 13.9. The summed E-state index contributed by atoms with van der Waals surface area (Å²) < 4.78 is 31.0. The van der Waals surface area contributed by atoms with Gasteiger partial charge in [0.15, 0.2) is 0 Å². The summed E-state index contributed by atoms with van der Waals surface area (Å²) in [7, 11) is -3.15. The van der Waals surface area contributed by atoms with Crippen molar-refractivity contribution in [1.82, 2.24) is 9.62 Å². The fraction of sp³-hybridized carbons (Fsp3) is 0.929. The zero-order valence-electron chi connectivity index (χ0n) is 13.1. The molecule has 2 heterocycles. The summed E-state index contributed by atoms with van der Waals surface area (Å²) in [5.41, 5.74) is -0.353. The summed E-state index contributed by atoms with van der Waals surface area (Å²) in [5, 5.41) is 2.90. The van der Waals surface area contributed by atoms with Crippen molar-refractivity contribution in [1.29, 1.82) is 0 Å². The lowest BCUT2D eigenvalue weighted by Crippen LogP contribution is -2.47. The molecular formula is C14H26N2O4S. The van der Waals surface area contributed by atoms with Crippen LogP contribution in [-0.2, 0) is 19.6 Å². The number of carbonyl (C=O) groups excluding carboxylic acids is 1. The van der Waals surface area contributed by atoms with Gasteiger partial charge in [0.2, 0.25) is 15.9 Å². The van der Waals surface area contributed by atoms with Crippen molar-refractivity contribution in [2.45, 2.75) is 51.2 Å². The Bertz CT molecular complexity index is 491. The summed E-state index contributed by atoms with van der Waals surface area (Å²) in [6.45, 7) is 5.21. The number of carbonyl (C=O) groups is 1. The molecule has 0 aromatic rings. The molecule has 1 amide bonds. The average molecular weight is 318 g/mol. The molecular weight excluding hydrogens is 292 g/mol. The van der Waals surface area contributed by atoms with E-state index in [2.05, 4.69) is 5.32 Å². The number of amides is 1. The van der Waals surface area contributed by atoms with E-state index in [1.807, 2.05) is 13.8 Å². The normalized spacial score (nSPS) is 31.0. The molecule has 2 aliphatic heterocycles. The van der Waals surface area contributed by atoms with Crippen molar-refractivity contribution in [3.05, 3.63) is 0 Å². The molecule has 1 spiro atoms. The monoisotopic (exact) mass is 318 g/mol. The number of ether oxygens (including phenoxy) is 1. The fourth-order valence-corrected chi connectivity index (χ4v) is 3.97. The molecule has 122 valence electrons. The van der Waals surface area contributed by atoms with E-state index in [4.69, 9.17) is 4.74 Å². The molecule has 0 aliphatic carbocycles. The van der Waals surface area contributed by atoms with E-state index in [1.165, 1.54) is 10.6 Å². The van der Waals surface area contributed by atoms with E-state index in [0.717, 1.165) is 25.7 Å². The molecule has 2 atom stereocenters. The third kappa shape index (κ3) is 4.17. The van der Waals surface area contributed by atoms with Crippen LogP contribution >= 0.6 is 0 Å². The van der Waals surface area contributed by atoms with Crippen LogP contribution in [0.2, 0.25) is 0 Å². The van der Waals surface area contributed by atoms with Gasteiger partial charge in [0.05, 0.1) is 18.0 Å². The standard InChI is InChI=1S/C14H26N2O4S/c1-11(2)13(17)15-9-12-5-4-6-14(20-12)7-8-16(10-14)21(3,18)19/h11-12H,4-10H2,1-3H3,(H,15,17)/t12-,14+/m0/s1. The summed E-state index contributed by atoms with van der Waals surface area (Å²) >= 11 is 0. The van der Waals surface area contributed by atoms with Gasteiger partial charge < -0.3 is 10.1 Å². The van der Waals surface area contributed by atoms with Crippen molar-refractivity contribution < 1.29 is 17.9 Å². The van der Waals surface area contributed by atoms with Crippen molar-refractivity contribution in [3.8, 4) is 0 Å². The number of sulfonamides is 1. The Morgan fingerprint density at radius 1 is 1.43 bits per heavy atom. The molecule has 6 nitrogen and oxygen atoms in total. The summed E-state index contributed by atoms with van der Waals surface area (Å²) in [6, 6.07) is 0. The number of hydrogen-bond acceptors (Lipinski definition) is 4. The number of rotatable bonds is 4. The maximum atomic E-state index is 11.6. The molecule has 2 aliphatic rings. The Morgan fingerprint density at radius 2 is 2.14 bits per heavy atom. The number of nitrogens with one attached hydrogen (secondary N) is 1. The van der Waals surface area contributed by atoms with E-state index in [-0.39, 0.29) is 23.5 Å². The van der Waals surface area contributed by atoms with Crippen LogP contribution in [0.15, 0.2) is 0 Å². The van der Waals surface area contributed by atoms with E-state index in [9.17, 15) is 13.2 Å². The first-order valence-electron chi connectivity index (χ1n) is 7.62. The number of nitrogens with zero attached hydrogens (tertiary/aromatic N) is 1. The molecule has 0 aromatic carbocycles. The van der Waals surface area contributed by atoms with Gasteiger partial charge in [-0.1, -0.05) is 13.8 Å². The van der Waals surface area contributed by atoms with Crippen molar-refractivity contribution in [3.63, 3.8) is 0 Å². The lowest BCUT2D eigenvalue weighted by Gasteiger charge is -2.38. The summed E-state index contributed by atoms with van der Waals surface area (Å²) in [4.78, 5) is 11.6. The molecule has 1 N–H and O–H groups in total. The highest BCUT2D eigenvalue weighted by Crippen LogP contribution is 2.37. The minimum atomic E-state index is -3.15. The molecule has 0 radical (unpaired) electrons. The largest absolute Gasteiger partial charge is 0.369 e. The average Bonchev–Trinajstić information content (AvgIpc) is 2.79. The second-order valence-corrected chi connectivity index (χ2v) is 8.54. The first-order valence-corrected chi connectivity index (χ1v) is 9.47. The maximum absolute atomic E-state index is 11.6. The fourth-order valence-electron chi connectivity index (χ4n) is 3.08. The van der Waals surface area contributed by atoms with Crippen molar-refractivity contribution in [2.75, 3.05) is 25.9 Å². The van der Waals surface area contributed by atoms with Crippen molar-refractivity contribution in [2.24, 2.45) is 5.92 Å². The van der Waals surface area contributed by atoms with Crippen LogP contribution in [0.1, 0.15) is 39.5 Å². The first-order chi connectivity index (χ1) is 9.72. The van der Waals surface area contributed by atoms with Gasteiger partial charge in [-0.3, -0.25) is 4.79 Å². The Balaban J connectivity index is 1.91.